The molecule has 0 aliphatic carbocycles. The van der Waals surface area contributed by atoms with Gasteiger partial charge in [0.15, 0.2) is 5.69 Å². The molecule has 9 heteroatoms. The summed E-state index contributed by atoms with van der Waals surface area (Å²) in [5, 5.41) is 12.5. The number of benzene rings is 2. The molecule has 2 aromatic carbocycles. The number of rotatable bonds is 5. The Balaban J connectivity index is 1.22. The molecule has 0 saturated carbocycles. The summed E-state index contributed by atoms with van der Waals surface area (Å²) >= 11 is 0. The minimum Gasteiger partial charge on any atom is -0.497 e. The molecule has 0 bridgehead atoms. The lowest BCUT2D eigenvalue weighted by atomic mass is 10.0. The number of piperidine rings is 1. The van der Waals surface area contributed by atoms with Crippen LogP contribution in [0, 0.1) is 0 Å². The van der Waals surface area contributed by atoms with Gasteiger partial charge in [-0.1, -0.05) is 40.7 Å². The first-order chi connectivity index (χ1) is 15.7. The highest BCUT2D eigenvalue weighted by Gasteiger charge is 2.26. The molecule has 1 fully saturated rings. The maximum atomic E-state index is 12.8. The minimum absolute atomic E-state index is 0.0321. The van der Waals surface area contributed by atoms with Crippen molar-refractivity contribution in [2.45, 2.75) is 18.9 Å². The van der Waals surface area contributed by atoms with Crippen LogP contribution in [0.5, 0.6) is 5.75 Å². The lowest BCUT2D eigenvalue weighted by Gasteiger charge is -2.31. The first-order valence-corrected chi connectivity index (χ1v) is 10.5. The normalized spacial score (nSPS) is 14.5. The van der Waals surface area contributed by atoms with Gasteiger partial charge in [0.1, 0.15) is 5.75 Å². The molecule has 0 atom stereocenters. The fourth-order valence-corrected chi connectivity index (χ4v) is 3.83. The van der Waals surface area contributed by atoms with Crippen LogP contribution in [0.25, 0.3) is 23.0 Å². The van der Waals surface area contributed by atoms with Gasteiger partial charge in [-0.25, -0.2) is 4.68 Å². The molecule has 9 nitrogen and oxygen atoms in total. The van der Waals surface area contributed by atoms with Crippen LogP contribution >= 0.6 is 0 Å². The van der Waals surface area contributed by atoms with Crippen LogP contribution in [0.1, 0.15) is 29.2 Å². The van der Waals surface area contributed by atoms with Crippen LogP contribution in [0.2, 0.25) is 0 Å². The lowest BCUT2D eigenvalue weighted by Crippen LogP contribution is -2.39. The fourth-order valence-electron chi connectivity index (χ4n) is 3.83. The summed E-state index contributed by atoms with van der Waals surface area (Å²) in [6, 6.07) is 17.0. The third-order valence-electron chi connectivity index (χ3n) is 5.65. The summed E-state index contributed by atoms with van der Waals surface area (Å²) in [6.45, 7) is 1.31. The molecule has 1 aliphatic heterocycles. The maximum absolute atomic E-state index is 12.8. The predicted octanol–water partition coefficient (Wildman–Crippen LogP) is 3.48. The van der Waals surface area contributed by atoms with Crippen LogP contribution in [0.4, 0.5) is 0 Å². The van der Waals surface area contributed by atoms with Gasteiger partial charge in [-0.15, -0.1) is 5.10 Å². The third kappa shape index (κ3) is 3.96. The summed E-state index contributed by atoms with van der Waals surface area (Å²) in [6.07, 6.45) is 3.42. The van der Waals surface area contributed by atoms with Crippen molar-refractivity contribution >= 4 is 5.91 Å². The van der Waals surface area contributed by atoms with E-state index >= 15 is 0 Å². The SMILES string of the molecule is COc1ccc(C(=O)N2CCC(n3cc(-c4nc(-c5ccccc5)no4)nn3)CC2)cc1. The van der Waals surface area contributed by atoms with Gasteiger partial charge >= 0.3 is 0 Å². The molecule has 0 radical (unpaired) electrons. The largest absolute Gasteiger partial charge is 0.497 e. The average molecular weight is 430 g/mol. The molecule has 162 valence electrons. The van der Waals surface area contributed by atoms with Crippen LogP contribution in [-0.4, -0.2) is 56.1 Å². The van der Waals surface area contributed by atoms with Crippen molar-refractivity contribution in [1.82, 2.24) is 30.0 Å². The molecular weight excluding hydrogens is 408 g/mol. The minimum atomic E-state index is 0.0321. The van der Waals surface area contributed by atoms with Gasteiger partial charge in [0, 0.05) is 24.2 Å². The van der Waals surface area contributed by atoms with Crippen LogP contribution in [-0.2, 0) is 0 Å². The van der Waals surface area contributed by atoms with E-state index in [0.29, 0.717) is 36.1 Å². The Morgan fingerprint density at radius 3 is 2.53 bits per heavy atom. The Kier molecular flexibility index (Phi) is 5.37. The van der Waals surface area contributed by atoms with Gasteiger partial charge in [0.05, 0.1) is 19.3 Å². The first-order valence-electron chi connectivity index (χ1n) is 10.5. The molecule has 0 unspecified atom stereocenters. The van der Waals surface area contributed by atoms with E-state index in [-0.39, 0.29) is 11.9 Å². The van der Waals surface area contributed by atoms with E-state index in [1.54, 1.807) is 31.4 Å². The van der Waals surface area contributed by atoms with Crippen molar-refractivity contribution in [2.75, 3.05) is 20.2 Å². The second-order valence-electron chi connectivity index (χ2n) is 7.62. The molecule has 1 saturated heterocycles. The van der Waals surface area contributed by atoms with E-state index in [0.717, 1.165) is 24.2 Å². The average Bonchev–Trinajstić information content (AvgIpc) is 3.55. The zero-order valence-electron chi connectivity index (χ0n) is 17.6. The van der Waals surface area contributed by atoms with Crippen molar-refractivity contribution in [1.29, 1.82) is 0 Å². The molecule has 2 aromatic heterocycles. The Bertz CT molecular complexity index is 1190. The smallest absolute Gasteiger partial charge is 0.280 e. The second kappa shape index (κ2) is 8.62. The molecule has 4 aromatic rings. The number of amides is 1. The van der Waals surface area contributed by atoms with E-state index in [1.807, 2.05) is 46.1 Å². The van der Waals surface area contributed by atoms with Crippen molar-refractivity contribution < 1.29 is 14.1 Å². The Morgan fingerprint density at radius 1 is 1.06 bits per heavy atom. The summed E-state index contributed by atoms with van der Waals surface area (Å²) < 4.78 is 12.4. The summed E-state index contributed by atoms with van der Waals surface area (Å²) in [4.78, 5) is 19.1. The van der Waals surface area contributed by atoms with Crippen molar-refractivity contribution in [2.24, 2.45) is 0 Å². The molecule has 3 heterocycles. The second-order valence-corrected chi connectivity index (χ2v) is 7.62. The van der Waals surface area contributed by atoms with Crippen LogP contribution in [0.3, 0.4) is 0 Å². The highest BCUT2D eigenvalue weighted by atomic mass is 16.5. The Hall–Kier alpha value is -4.01. The molecule has 5 rings (SSSR count). The van der Waals surface area contributed by atoms with Gasteiger partial charge in [0.25, 0.3) is 11.8 Å². The van der Waals surface area contributed by atoms with E-state index in [4.69, 9.17) is 9.26 Å². The van der Waals surface area contributed by atoms with Crippen LogP contribution < -0.4 is 4.74 Å². The molecular formula is C23H22N6O3. The quantitative estimate of drug-likeness (QED) is 0.478. The third-order valence-corrected chi connectivity index (χ3v) is 5.65. The molecule has 1 amide bonds. The van der Waals surface area contributed by atoms with Crippen molar-refractivity contribution in [3.63, 3.8) is 0 Å². The summed E-state index contributed by atoms with van der Waals surface area (Å²) in [5.74, 6) is 1.62. The number of hydrogen-bond acceptors (Lipinski definition) is 7. The number of aromatic nitrogens is 5. The zero-order chi connectivity index (χ0) is 21.9. The zero-order valence-corrected chi connectivity index (χ0v) is 17.6. The molecule has 0 N–H and O–H groups in total. The number of carbonyl (C=O) groups excluding carboxylic acids is 1. The number of hydrogen-bond donors (Lipinski definition) is 0. The van der Waals surface area contributed by atoms with Crippen molar-refractivity contribution in [3.05, 3.63) is 66.4 Å². The lowest BCUT2D eigenvalue weighted by molar-refractivity contribution is 0.0689. The molecule has 1 aliphatic rings. The number of likely N-dealkylation sites (tertiary alicyclic amines) is 1. The molecule has 32 heavy (non-hydrogen) atoms. The van der Waals surface area contributed by atoms with E-state index in [9.17, 15) is 4.79 Å². The van der Waals surface area contributed by atoms with E-state index in [2.05, 4.69) is 20.5 Å². The highest BCUT2D eigenvalue weighted by molar-refractivity contribution is 5.94. The van der Waals surface area contributed by atoms with Gasteiger partial charge < -0.3 is 14.2 Å². The van der Waals surface area contributed by atoms with Gasteiger partial charge in [-0.05, 0) is 37.1 Å². The fraction of sp³-hybridized carbons (Fsp3) is 0.261. The van der Waals surface area contributed by atoms with Gasteiger partial charge in [0.2, 0.25) is 5.82 Å². The summed E-state index contributed by atoms with van der Waals surface area (Å²) in [5.41, 5.74) is 2.08. The standard InChI is InChI=1S/C23H22N6O3/c1-31-19-9-7-17(8-10-19)23(30)28-13-11-18(12-14-28)29-15-20(25-27-29)22-24-21(26-32-22)16-5-3-2-4-6-16/h2-10,15,18H,11-14H2,1H3. The van der Waals surface area contributed by atoms with Gasteiger partial charge in [-0.2, -0.15) is 4.98 Å². The Morgan fingerprint density at radius 2 is 1.81 bits per heavy atom. The number of ether oxygens (including phenoxy) is 1. The predicted molar refractivity (Wildman–Crippen MR) is 116 cm³/mol. The highest BCUT2D eigenvalue weighted by Crippen LogP contribution is 2.26. The number of nitrogens with zero attached hydrogens (tertiary/aromatic N) is 6. The summed E-state index contributed by atoms with van der Waals surface area (Å²) in [7, 11) is 1.61. The first kappa shape index (κ1) is 19.9. The van der Waals surface area contributed by atoms with Crippen molar-refractivity contribution in [3.8, 4) is 28.7 Å². The topological polar surface area (TPSA) is 99.2 Å². The van der Waals surface area contributed by atoms with E-state index in [1.165, 1.54) is 0 Å². The number of methoxy groups -OCH3 is 1. The van der Waals surface area contributed by atoms with E-state index < -0.39 is 0 Å². The number of carbonyl (C=O) groups is 1. The monoisotopic (exact) mass is 430 g/mol. The molecule has 0 spiro atoms. The van der Waals surface area contributed by atoms with Crippen LogP contribution in [0.15, 0.2) is 65.3 Å². The Labute approximate surface area is 184 Å². The van der Waals surface area contributed by atoms with Gasteiger partial charge in [-0.3, -0.25) is 4.79 Å². The maximum Gasteiger partial charge on any atom is 0.280 e.